The number of ether oxygens (including phenoxy) is 1. The number of carbonyl (C=O) groups is 1. The lowest BCUT2D eigenvalue weighted by molar-refractivity contribution is -0.397. The van der Waals surface area contributed by atoms with Gasteiger partial charge < -0.3 is 4.74 Å². The van der Waals surface area contributed by atoms with E-state index in [2.05, 4.69) is 0 Å². The minimum Gasteiger partial charge on any atom is -0.465 e. The predicted molar refractivity (Wildman–Crippen MR) is 125 cm³/mol. The van der Waals surface area contributed by atoms with Crippen molar-refractivity contribution in [2.75, 3.05) is 6.61 Å². The molecule has 0 aliphatic rings. The van der Waals surface area contributed by atoms with Gasteiger partial charge in [-0.25, -0.2) is 0 Å². The van der Waals surface area contributed by atoms with Crippen molar-refractivity contribution in [3.63, 3.8) is 0 Å². The Hall–Kier alpha value is -1.16. The van der Waals surface area contributed by atoms with Gasteiger partial charge in [-0.05, 0) is 48.9 Å². The van der Waals surface area contributed by atoms with E-state index < -0.39 is 65.6 Å². The summed E-state index contributed by atoms with van der Waals surface area (Å²) in [5.74, 6) is -19.8. The molecular weight excluding hydrogens is 515 g/mol. The molecule has 2 nitrogen and oxygen atoms in total. The van der Waals surface area contributed by atoms with Crippen LogP contribution in [0.2, 0.25) is 0 Å². The standard InChI is InChI=1S/C26H43F9O2/c1-10-20(7,11-2)16-22(9,21(8,12-3)13-4)18(36)37-17-19(5,6)14-15-23(27,28)24(29,30)25(31,32)26(33,34)35/h10-17H2,1-9H3/t22-/m1/s1. The summed E-state index contributed by atoms with van der Waals surface area (Å²) in [5, 5.41) is 0. The van der Waals surface area contributed by atoms with Crippen LogP contribution < -0.4 is 0 Å². The summed E-state index contributed by atoms with van der Waals surface area (Å²) < 4.78 is 124. The van der Waals surface area contributed by atoms with Crippen LogP contribution in [0.1, 0.15) is 107 Å². The highest BCUT2D eigenvalue weighted by molar-refractivity contribution is 5.77. The van der Waals surface area contributed by atoms with Crippen LogP contribution in [0.3, 0.4) is 0 Å². The van der Waals surface area contributed by atoms with E-state index >= 15 is 0 Å². The van der Waals surface area contributed by atoms with E-state index in [1.807, 2.05) is 41.5 Å². The van der Waals surface area contributed by atoms with Crippen molar-refractivity contribution in [1.29, 1.82) is 0 Å². The first-order valence-electron chi connectivity index (χ1n) is 12.7. The highest BCUT2D eigenvalue weighted by Crippen LogP contribution is 2.56. The van der Waals surface area contributed by atoms with E-state index in [9.17, 15) is 44.3 Å². The Morgan fingerprint density at radius 1 is 0.649 bits per heavy atom. The Morgan fingerprint density at radius 3 is 1.43 bits per heavy atom. The highest BCUT2D eigenvalue weighted by Gasteiger charge is 2.81. The molecule has 0 aromatic rings. The Balaban J connectivity index is 5.80. The van der Waals surface area contributed by atoms with Crippen molar-refractivity contribution < 1.29 is 49.0 Å². The maximum Gasteiger partial charge on any atom is 0.460 e. The molecule has 0 aromatic carbocycles. The van der Waals surface area contributed by atoms with E-state index in [0.29, 0.717) is 19.3 Å². The summed E-state index contributed by atoms with van der Waals surface area (Å²) >= 11 is 0. The van der Waals surface area contributed by atoms with Crippen LogP contribution in [0.15, 0.2) is 0 Å². The van der Waals surface area contributed by atoms with E-state index in [0.717, 1.165) is 12.8 Å². The van der Waals surface area contributed by atoms with Crippen LogP contribution in [-0.4, -0.2) is 36.5 Å². The number of hydrogen-bond acceptors (Lipinski definition) is 2. The molecule has 0 unspecified atom stereocenters. The van der Waals surface area contributed by atoms with E-state index in [-0.39, 0.29) is 5.41 Å². The molecule has 222 valence electrons. The minimum atomic E-state index is -6.92. The van der Waals surface area contributed by atoms with Gasteiger partial charge in [-0.3, -0.25) is 4.79 Å². The smallest absolute Gasteiger partial charge is 0.460 e. The summed E-state index contributed by atoms with van der Waals surface area (Å²) in [4.78, 5) is 13.5. The molecule has 1 atom stereocenters. The SMILES string of the molecule is CCC(C)(CC)C[C@](C)(C(=O)OCC(C)(C)CCC(F)(F)C(F)(F)C(F)(F)C(F)(F)F)C(C)(CC)CC. The fourth-order valence-corrected chi connectivity index (χ4v) is 4.47. The molecule has 0 aliphatic heterocycles. The van der Waals surface area contributed by atoms with Gasteiger partial charge in [0.2, 0.25) is 0 Å². The van der Waals surface area contributed by atoms with Crippen LogP contribution in [0, 0.1) is 21.7 Å². The molecule has 0 saturated heterocycles. The average Bonchev–Trinajstić information content (AvgIpc) is 2.79. The lowest BCUT2D eigenvalue weighted by Gasteiger charge is -2.48. The molecule has 0 bridgehead atoms. The first kappa shape index (κ1) is 35.8. The Labute approximate surface area is 215 Å². The van der Waals surface area contributed by atoms with Gasteiger partial charge in [0.1, 0.15) is 0 Å². The van der Waals surface area contributed by atoms with Gasteiger partial charge in [0.25, 0.3) is 0 Å². The molecule has 0 amide bonds. The first-order valence-corrected chi connectivity index (χ1v) is 12.7. The van der Waals surface area contributed by atoms with Crippen LogP contribution >= 0.6 is 0 Å². The predicted octanol–water partition coefficient (Wildman–Crippen LogP) is 9.85. The lowest BCUT2D eigenvalue weighted by Crippen LogP contribution is -2.61. The Kier molecular flexibility index (Phi) is 11.2. The molecule has 11 heteroatoms. The summed E-state index contributed by atoms with van der Waals surface area (Å²) in [7, 11) is 0. The molecule has 0 heterocycles. The van der Waals surface area contributed by atoms with Crippen molar-refractivity contribution in [3.05, 3.63) is 0 Å². The third kappa shape index (κ3) is 7.28. The molecule has 0 saturated carbocycles. The summed E-state index contributed by atoms with van der Waals surface area (Å²) in [5.41, 5.74) is -3.08. The molecular formula is C26H43F9O2. The van der Waals surface area contributed by atoms with Gasteiger partial charge in [0, 0.05) is 6.42 Å². The summed E-state index contributed by atoms with van der Waals surface area (Å²) in [6.07, 6.45) is -6.39. The fourth-order valence-electron chi connectivity index (χ4n) is 4.47. The maximum absolute atomic E-state index is 14.0. The number of carbonyl (C=O) groups excluding carboxylic acids is 1. The number of alkyl halides is 9. The number of hydrogen-bond donors (Lipinski definition) is 0. The van der Waals surface area contributed by atoms with Crippen molar-refractivity contribution in [2.24, 2.45) is 21.7 Å². The summed E-state index contributed by atoms with van der Waals surface area (Å²) in [6.45, 7) is 15.7. The zero-order chi connectivity index (χ0) is 29.9. The average molecular weight is 559 g/mol. The second-order valence-corrected chi connectivity index (χ2v) is 11.9. The van der Waals surface area contributed by atoms with Crippen molar-refractivity contribution in [2.45, 2.75) is 131 Å². The largest absolute Gasteiger partial charge is 0.465 e. The molecule has 0 rings (SSSR count). The molecule has 0 radical (unpaired) electrons. The molecule has 0 aliphatic carbocycles. The third-order valence-corrected chi connectivity index (χ3v) is 8.75. The Bertz CT molecular complexity index is 752. The Morgan fingerprint density at radius 2 is 1.08 bits per heavy atom. The van der Waals surface area contributed by atoms with Crippen molar-refractivity contribution in [1.82, 2.24) is 0 Å². The van der Waals surface area contributed by atoms with Gasteiger partial charge in [0.05, 0.1) is 12.0 Å². The van der Waals surface area contributed by atoms with Gasteiger partial charge in [0.15, 0.2) is 0 Å². The number of rotatable bonds is 15. The van der Waals surface area contributed by atoms with E-state index in [4.69, 9.17) is 4.74 Å². The van der Waals surface area contributed by atoms with Gasteiger partial charge in [-0.1, -0.05) is 68.2 Å². The molecule has 37 heavy (non-hydrogen) atoms. The summed E-state index contributed by atoms with van der Waals surface area (Å²) in [6, 6.07) is 0. The second kappa shape index (κ2) is 11.5. The molecule has 0 aromatic heterocycles. The lowest BCUT2D eigenvalue weighted by atomic mass is 9.56. The first-order chi connectivity index (χ1) is 16.3. The minimum absolute atomic E-state index is 0.202. The van der Waals surface area contributed by atoms with Gasteiger partial charge in [-0.15, -0.1) is 0 Å². The zero-order valence-electron chi connectivity index (χ0n) is 23.4. The van der Waals surface area contributed by atoms with Crippen molar-refractivity contribution in [3.8, 4) is 0 Å². The van der Waals surface area contributed by atoms with Crippen molar-refractivity contribution >= 4 is 5.97 Å². The molecule has 0 fully saturated rings. The maximum atomic E-state index is 14.0. The van der Waals surface area contributed by atoms with Crippen LogP contribution in [0.5, 0.6) is 0 Å². The van der Waals surface area contributed by atoms with E-state index in [1.54, 1.807) is 6.92 Å². The topological polar surface area (TPSA) is 26.3 Å². The van der Waals surface area contributed by atoms with Gasteiger partial charge in [-0.2, -0.15) is 39.5 Å². The molecule has 0 spiro atoms. The van der Waals surface area contributed by atoms with Crippen LogP contribution in [0.4, 0.5) is 39.5 Å². The van der Waals surface area contributed by atoms with Crippen LogP contribution in [0.25, 0.3) is 0 Å². The number of halogens is 9. The molecule has 0 N–H and O–H groups in total. The fraction of sp³-hybridized carbons (Fsp3) is 0.962. The number of esters is 1. The quantitative estimate of drug-likeness (QED) is 0.148. The third-order valence-electron chi connectivity index (χ3n) is 8.75. The normalized spacial score (nSPS) is 16.5. The highest BCUT2D eigenvalue weighted by atomic mass is 19.4. The van der Waals surface area contributed by atoms with Gasteiger partial charge >= 0.3 is 29.9 Å². The van der Waals surface area contributed by atoms with Crippen LogP contribution in [-0.2, 0) is 9.53 Å². The zero-order valence-corrected chi connectivity index (χ0v) is 23.4. The monoisotopic (exact) mass is 558 g/mol. The van der Waals surface area contributed by atoms with E-state index in [1.165, 1.54) is 13.8 Å². The second-order valence-electron chi connectivity index (χ2n) is 11.9.